The first-order valence-corrected chi connectivity index (χ1v) is 11.4. The monoisotopic (exact) mass is 440 g/mol. The SMILES string of the molecule is COc1cc(C=CC(=O)c2ccc(-c3ccccc3)cc2)ccc1OC(=O)C1CCCCC1. The maximum Gasteiger partial charge on any atom is 0.314 e. The molecular weight excluding hydrogens is 412 g/mol. The molecule has 0 saturated heterocycles. The molecular formula is C29H28O4. The van der Waals surface area contributed by atoms with Crippen molar-refractivity contribution in [2.45, 2.75) is 32.1 Å². The van der Waals surface area contributed by atoms with Gasteiger partial charge in [0.1, 0.15) is 0 Å². The summed E-state index contributed by atoms with van der Waals surface area (Å²) in [5.74, 6) is 0.578. The van der Waals surface area contributed by atoms with Gasteiger partial charge in [0.05, 0.1) is 13.0 Å². The van der Waals surface area contributed by atoms with Gasteiger partial charge in [-0.1, -0.05) is 86.0 Å². The van der Waals surface area contributed by atoms with Crippen molar-refractivity contribution in [1.29, 1.82) is 0 Å². The number of carbonyl (C=O) groups is 2. The first-order chi connectivity index (χ1) is 16.1. The third-order valence-corrected chi connectivity index (χ3v) is 6.04. The van der Waals surface area contributed by atoms with Gasteiger partial charge in [0.2, 0.25) is 0 Å². The molecule has 0 bridgehead atoms. The maximum absolute atomic E-state index is 12.6. The number of rotatable bonds is 7. The zero-order chi connectivity index (χ0) is 23.0. The zero-order valence-corrected chi connectivity index (χ0v) is 18.8. The summed E-state index contributed by atoms with van der Waals surface area (Å²) in [6.45, 7) is 0. The fourth-order valence-electron chi connectivity index (χ4n) is 4.13. The molecule has 1 saturated carbocycles. The van der Waals surface area contributed by atoms with Crippen LogP contribution in [0, 0.1) is 5.92 Å². The van der Waals surface area contributed by atoms with Gasteiger partial charge in [0.15, 0.2) is 17.3 Å². The average molecular weight is 441 g/mol. The van der Waals surface area contributed by atoms with Crippen LogP contribution in [-0.2, 0) is 4.79 Å². The number of methoxy groups -OCH3 is 1. The maximum atomic E-state index is 12.6. The quantitative estimate of drug-likeness (QED) is 0.177. The lowest BCUT2D eigenvalue weighted by atomic mass is 9.89. The predicted molar refractivity (Wildman–Crippen MR) is 130 cm³/mol. The summed E-state index contributed by atoms with van der Waals surface area (Å²) in [5.41, 5.74) is 3.59. The molecule has 0 aromatic heterocycles. The minimum absolute atomic E-state index is 0.0334. The Morgan fingerprint density at radius 3 is 2.21 bits per heavy atom. The topological polar surface area (TPSA) is 52.6 Å². The fraction of sp³-hybridized carbons (Fsp3) is 0.241. The molecule has 1 aliphatic carbocycles. The van der Waals surface area contributed by atoms with E-state index in [2.05, 4.69) is 0 Å². The van der Waals surface area contributed by atoms with Crippen LogP contribution >= 0.6 is 0 Å². The number of hydrogen-bond donors (Lipinski definition) is 0. The smallest absolute Gasteiger partial charge is 0.314 e. The standard InChI is InChI=1S/C29H28O4/c1-32-28-20-21(13-19-27(28)33-29(31)25-10-6-3-7-11-25)12-18-26(30)24-16-14-23(15-17-24)22-8-4-2-5-9-22/h2,4-5,8-9,12-20,25H,3,6-7,10-11H2,1H3. The van der Waals surface area contributed by atoms with E-state index in [-0.39, 0.29) is 17.7 Å². The molecule has 1 fully saturated rings. The van der Waals surface area contributed by atoms with E-state index >= 15 is 0 Å². The summed E-state index contributed by atoms with van der Waals surface area (Å²) in [4.78, 5) is 25.1. The number of hydrogen-bond acceptors (Lipinski definition) is 4. The van der Waals surface area contributed by atoms with Gasteiger partial charge in [-0.25, -0.2) is 0 Å². The van der Waals surface area contributed by atoms with Crippen LogP contribution in [0.3, 0.4) is 0 Å². The largest absolute Gasteiger partial charge is 0.493 e. The molecule has 0 N–H and O–H groups in total. The minimum atomic E-state index is -0.189. The molecule has 0 aliphatic heterocycles. The van der Waals surface area contributed by atoms with Crippen molar-refractivity contribution in [2.24, 2.45) is 5.92 Å². The van der Waals surface area contributed by atoms with E-state index in [1.54, 1.807) is 31.4 Å². The summed E-state index contributed by atoms with van der Waals surface area (Å²) in [5, 5.41) is 0. The molecule has 0 atom stereocenters. The molecule has 168 valence electrons. The lowest BCUT2D eigenvalue weighted by molar-refractivity contribution is -0.140. The van der Waals surface area contributed by atoms with Gasteiger partial charge in [-0.3, -0.25) is 9.59 Å². The Morgan fingerprint density at radius 2 is 1.52 bits per heavy atom. The Morgan fingerprint density at radius 1 is 0.818 bits per heavy atom. The molecule has 0 heterocycles. The molecule has 0 spiro atoms. The van der Waals surface area contributed by atoms with Gasteiger partial charge < -0.3 is 9.47 Å². The Hall–Kier alpha value is -3.66. The van der Waals surface area contributed by atoms with E-state index in [9.17, 15) is 9.59 Å². The van der Waals surface area contributed by atoms with E-state index in [1.807, 2.05) is 60.7 Å². The highest BCUT2D eigenvalue weighted by Gasteiger charge is 2.24. The lowest BCUT2D eigenvalue weighted by Gasteiger charge is -2.20. The highest BCUT2D eigenvalue weighted by atomic mass is 16.6. The van der Waals surface area contributed by atoms with Crippen LogP contribution in [0.2, 0.25) is 0 Å². The summed E-state index contributed by atoms with van der Waals surface area (Å²) in [6.07, 6.45) is 8.38. The Bertz CT molecular complexity index is 1120. The summed E-state index contributed by atoms with van der Waals surface area (Å²) < 4.78 is 11.0. The zero-order valence-electron chi connectivity index (χ0n) is 18.8. The van der Waals surface area contributed by atoms with Crippen molar-refractivity contribution in [1.82, 2.24) is 0 Å². The van der Waals surface area contributed by atoms with Crippen LogP contribution in [0.25, 0.3) is 17.2 Å². The van der Waals surface area contributed by atoms with E-state index in [1.165, 1.54) is 6.42 Å². The predicted octanol–water partition coefficient (Wildman–Crippen LogP) is 6.74. The molecule has 4 nitrogen and oxygen atoms in total. The molecule has 0 unspecified atom stereocenters. The Labute approximate surface area is 194 Å². The highest BCUT2D eigenvalue weighted by Crippen LogP contribution is 2.31. The van der Waals surface area contributed by atoms with Crippen LogP contribution in [-0.4, -0.2) is 18.9 Å². The third-order valence-electron chi connectivity index (χ3n) is 6.04. The fourth-order valence-corrected chi connectivity index (χ4v) is 4.13. The first-order valence-electron chi connectivity index (χ1n) is 11.4. The molecule has 0 radical (unpaired) electrons. The second-order valence-electron chi connectivity index (χ2n) is 8.31. The number of carbonyl (C=O) groups excluding carboxylic acids is 2. The lowest BCUT2D eigenvalue weighted by Crippen LogP contribution is -2.22. The number of ether oxygens (including phenoxy) is 2. The molecule has 4 heteroatoms. The molecule has 4 rings (SSSR count). The molecule has 3 aromatic rings. The Balaban J connectivity index is 1.42. The van der Waals surface area contributed by atoms with Gasteiger partial charge in [-0.05, 0) is 47.7 Å². The summed E-state index contributed by atoms with van der Waals surface area (Å²) in [6, 6.07) is 22.9. The van der Waals surface area contributed by atoms with Crippen LogP contribution in [0.15, 0.2) is 78.9 Å². The summed E-state index contributed by atoms with van der Waals surface area (Å²) >= 11 is 0. The van der Waals surface area contributed by atoms with E-state index in [4.69, 9.17) is 9.47 Å². The van der Waals surface area contributed by atoms with Crippen LogP contribution in [0.5, 0.6) is 11.5 Å². The van der Waals surface area contributed by atoms with Gasteiger partial charge in [0, 0.05) is 5.56 Å². The van der Waals surface area contributed by atoms with Crippen LogP contribution < -0.4 is 9.47 Å². The van der Waals surface area contributed by atoms with Gasteiger partial charge in [-0.2, -0.15) is 0 Å². The highest BCUT2D eigenvalue weighted by molar-refractivity contribution is 6.07. The number of ketones is 1. The van der Waals surface area contributed by atoms with E-state index in [0.717, 1.165) is 42.4 Å². The normalized spacial score (nSPS) is 14.2. The van der Waals surface area contributed by atoms with Crippen molar-refractivity contribution < 1.29 is 19.1 Å². The second-order valence-corrected chi connectivity index (χ2v) is 8.31. The van der Waals surface area contributed by atoms with E-state index in [0.29, 0.717) is 17.1 Å². The average Bonchev–Trinajstić information content (AvgIpc) is 2.89. The van der Waals surface area contributed by atoms with E-state index < -0.39 is 0 Å². The van der Waals surface area contributed by atoms with Gasteiger partial charge in [-0.15, -0.1) is 0 Å². The number of esters is 1. The van der Waals surface area contributed by atoms with Gasteiger partial charge >= 0.3 is 5.97 Å². The van der Waals surface area contributed by atoms with Crippen LogP contribution in [0.4, 0.5) is 0 Å². The Kier molecular flexibility index (Phi) is 7.36. The summed E-state index contributed by atoms with van der Waals surface area (Å²) in [7, 11) is 1.54. The minimum Gasteiger partial charge on any atom is -0.493 e. The van der Waals surface area contributed by atoms with Crippen molar-refractivity contribution >= 4 is 17.8 Å². The molecule has 33 heavy (non-hydrogen) atoms. The number of benzene rings is 3. The number of allylic oxidation sites excluding steroid dienone is 1. The molecule has 3 aromatic carbocycles. The van der Waals surface area contributed by atoms with Crippen LogP contribution in [0.1, 0.15) is 48.0 Å². The first kappa shape index (κ1) is 22.5. The molecule has 1 aliphatic rings. The van der Waals surface area contributed by atoms with Crippen molar-refractivity contribution in [3.63, 3.8) is 0 Å². The third kappa shape index (κ3) is 5.78. The van der Waals surface area contributed by atoms with Gasteiger partial charge in [0.25, 0.3) is 0 Å². The second kappa shape index (κ2) is 10.8. The van der Waals surface area contributed by atoms with Crippen molar-refractivity contribution in [3.05, 3.63) is 90.0 Å². The van der Waals surface area contributed by atoms with Crippen molar-refractivity contribution in [3.8, 4) is 22.6 Å². The molecule has 0 amide bonds. The van der Waals surface area contributed by atoms with Crippen molar-refractivity contribution in [2.75, 3.05) is 7.11 Å².